The van der Waals surface area contributed by atoms with Gasteiger partial charge in [-0.25, -0.2) is 4.68 Å². The summed E-state index contributed by atoms with van der Waals surface area (Å²) >= 11 is 1.49. The second-order valence-corrected chi connectivity index (χ2v) is 7.26. The SMILES string of the molecule is Cc1c(NC(=O)c2cn(-c3ccccc3)nc2-c2cccs2)cccc1[N+](=O)[O-]. The molecule has 4 aromatic rings. The number of thiophene rings is 1. The fraction of sp³-hybridized carbons (Fsp3) is 0.0476. The van der Waals surface area contributed by atoms with Gasteiger partial charge in [0, 0.05) is 12.3 Å². The molecule has 1 N–H and O–H groups in total. The van der Waals surface area contributed by atoms with Crippen molar-refractivity contribution in [2.75, 3.05) is 5.32 Å². The molecule has 2 aromatic heterocycles. The van der Waals surface area contributed by atoms with E-state index in [1.807, 2.05) is 47.8 Å². The summed E-state index contributed by atoms with van der Waals surface area (Å²) in [6, 6.07) is 17.9. The summed E-state index contributed by atoms with van der Waals surface area (Å²) in [5.74, 6) is -0.376. The lowest BCUT2D eigenvalue weighted by Gasteiger charge is -2.08. The number of hydrogen-bond acceptors (Lipinski definition) is 5. The van der Waals surface area contributed by atoms with E-state index >= 15 is 0 Å². The van der Waals surface area contributed by atoms with E-state index in [1.165, 1.54) is 17.4 Å². The molecule has 0 aliphatic heterocycles. The average Bonchev–Trinajstić information content (AvgIpc) is 3.39. The van der Waals surface area contributed by atoms with Crippen molar-refractivity contribution in [3.63, 3.8) is 0 Å². The Balaban J connectivity index is 1.74. The number of hydrogen-bond donors (Lipinski definition) is 1. The van der Waals surface area contributed by atoms with Crippen LogP contribution in [0.2, 0.25) is 0 Å². The first-order valence-electron chi connectivity index (χ1n) is 8.79. The predicted molar refractivity (Wildman–Crippen MR) is 113 cm³/mol. The normalized spacial score (nSPS) is 10.7. The first-order chi connectivity index (χ1) is 14.0. The van der Waals surface area contributed by atoms with Gasteiger partial charge in [-0.05, 0) is 36.6 Å². The predicted octanol–water partition coefficient (Wildman–Crippen LogP) is 5.07. The number of nitro benzene ring substituents is 1. The van der Waals surface area contributed by atoms with Crippen LogP contribution >= 0.6 is 11.3 Å². The Hall–Kier alpha value is -3.78. The summed E-state index contributed by atoms with van der Waals surface area (Å²) in [6.45, 7) is 1.61. The molecule has 2 heterocycles. The quantitative estimate of drug-likeness (QED) is 0.371. The number of nitrogens with one attached hydrogen (secondary N) is 1. The molecule has 1 amide bonds. The van der Waals surface area contributed by atoms with Gasteiger partial charge in [0.2, 0.25) is 0 Å². The Morgan fingerprint density at radius 2 is 1.90 bits per heavy atom. The van der Waals surface area contributed by atoms with Crippen LogP contribution in [0.3, 0.4) is 0 Å². The van der Waals surface area contributed by atoms with Gasteiger partial charge in [-0.1, -0.05) is 30.3 Å². The van der Waals surface area contributed by atoms with E-state index in [0.29, 0.717) is 22.5 Å². The number of anilines is 1. The molecule has 0 unspecified atom stereocenters. The second kappa shape index (κ2) is 7.69. The minimum absolute atomic E-state index is 0.0405. The van der Waals surface area contributed by atoms with Crippen molar-refractivity contribution < 1.29 is 9.72 Å². The Labute approximate surface area is 170 Å². The maximum Gasteiger partial charge on any atom is 0.274 e. The molecule has 0 saturated carbocycles. The zero-order valence-electron chi connectivity index (χ0n) is 15.4. The van der Waals surface area contributed by atoms with Crippen LogP contribution < -0.4 is 5.32 Å². The number of rotatable bonds is 5. The fourth-order valence-corrected chi connectivity index (χ4v) is 3.72. The van der Waals surface area contributed by atoms with Crippen molar-refractivity contribution in [3.8, 4) is 16.3 Å². The van der Waals surface area contributed by atoms with Crippen LogP contribution in [0, 0.1) is 17.0 Å². The van der Waals surface area contributed by atoms with Gasteiger partial charge in [-0.3, -0.25) is 14.9 Å². The molecule has 0 aliphatic carbocycles. The minimum Gasteiger partial charge on any atom is -0.321 e. The molecule has 0 atom stereocenters. The van der Waals surface area contributed by atoms with E-state index in [0.717, 1.165) is 10.6 Å². The van der Waals surface area contributed by atoms with Crippen LogP contribution in [0.15, 0.2) is 72.2 Å². The van der Waals surface area contributed by atoms with Gasteiger partial charge < -0.3 is 5.32 Å². The van der Waals surface area contributed by atoms with Crippen molar-refractivity contribution in [2.45, 2.75) is 6.92 Å². The fourth-order valence-electron chi connectivity index (χ4n) is 2.99. The van der Waals surface area contributed by atoms with Crippen molar-refractivity contribution in [1.29, 1.82) is 0 Å². The Bertz CT molecular complexity index is 1180. The van der Waals surface area contributed by atoms with Crippen molar-refractivity contribution in [3.05, 3.63) is 93.5 Å². The molecule has 0 bridgehead atoms. The number of benzene rings is 2. The zero-order valence-corrected chi connectivity index (χ0v) is 16.2. The standard InChI is InChI=1S/C21H16N4O3S/c1-14-17(9-5-10-18(14)25(27)28)22-21(26)16-13-24(15-7-3-2-4-8-15)23-20(16)19-11-6-12-29-19/h2-13H,1H3,(H,22,26). The van der Waals surface area contributed by atoms with E-state index in [4.69, 9.17) is 0 Å². The molecule has 0 spiro atoms. The van der Waals surface area contributed by atoms with E-state index in [2.05, 4.69) is 10.4 Å². The third-order valence-electron chi connectivity index (χ3n) is 4.48. The van der Waals surface area contributed by atoms with Crippen LogP contribution in [-0.2, 0) is 0 Å². The van der Waals surface area contributed by atoms with Gasteiger partial charge in [0.1, 0.15) is 5.69 Å². The van der Waals surface area contributed by atoms with Crippen LogP contribution in [0.5, 0.6) is 0 Å². The van der Waals surface area contributed by atoms with E-state index in [-0.39, 0.29) is 11.6 Å². The van der Waals surface area contributed by atoms with Gasteiger partial charge in [0.25, 0.3) is 11.6 Å². The van der Waals surface area contributed by atoms with Gasteiger partial charge >= 0.3 is 0 Å². The Kier molecular flexibility index (Phi) is 4.92. The second-order valence-electron chi connectivity index (χ2n) is 6.31. The van der Waals surface area contributed by atoms with E-state index in [1.54, 1.807) is 29.9 Å². The molecule has 7 nitrogen and oxygen atoms in total. The van der Waals surface area contributed by atoms with Gasteiger partial charge in [0.05, 0.1) is 32.3 Å². The van der Waals surface area contributed by atoms with Crippen molar-refractivity contribution in [1.82, 2.24) is 9.78 Å². The lowest BCUT2D eigenvalue weighted by molar-refractivity contribution is -0.385. The third-order valence-corrected chi connectivity index (χ3v) is 5.36. The first kappa shape index (κ1) is 18.6. The van der Waals surface area contributed by atoms with Crippen molar-refractivity contribution in [2.24, 2.45) is 0 Å². The lowest BCUT2D eigenvalue weighted by atomic mass is 10.1. The molecule has 2 aromatic carbocycles. The first-order valence-corrected chi connectivity index (χ1v) is 9.67. The smallest absolute Gasteiger partial charge is 0.274 e. The van der Waals surface area contributed by atoms with Crippen LogP contribution in [-0.4, -0.2) is 20.6 Å². The van der Waals surface area contributed by atoms with Gasteiger partial charge in [-0.2, -0.15) is 5.10 Å². The highest BCUT2D eigenvalue weighted by Gasteiger charge is 2.21. The molecule has 0 aliphatic rings. The highest BCUT2D eigenvalue weighted by atomic mass is 32.1. The highest BCUT2D eigenvalue weighted by Crippen LogP contribution is 2.30. The number of para-hydroxylation sites is 1. The molecular formula is C21H16N4O3S. The van der Waals surface area contributed by atoms with E-state index in [9.17, 15) is 14.9 Å². The number of nitro groups is 1. The highest BCUT2D eigenvalue weighted by molar-refractivity contribution is 7.13. The average molecular weight is 404 g/mol. The zero-order chi connectivity index (χ0) is 20.4. The summed E-state index contributed by atoms with van der Waals surface area (Å²) in [7, 11) is 0. The van der Waals surface area contributed by atoms with Crippen molar-refractivity contribution >= 4 is 28.6 Å². The maximum absolute atomic E-state index is 13.1. The molecule has 0 radical (unpaired) electrons. The summed E-state index contributed by atoms with van der Waals surface area (Å²) in [5.41, 5.74) is 2.54. The van der Waals surface area contributed by atoms with Crippen LogP contribution in [0.4, 0.5) is 11.4 Å². The number of aromatic nitrogens is 2. The minimum atomic E-state index is -0.463. The monoisotopic (exact) mass is 404 g/mol. The summed E-state index contributed by atoms with van der Waals surface area (Å²) in [5, 5.41) is 20.5. The molecule has 0 fully saturated rings. The van der Waals surface area contributed by atoms with E-state index < -0.39 is 4.92 Å². The Morgan fingerprint density at radius 3 is 2.59 bits per heavy atom. The summed E-state index contributed by atoms with van der Waals surface area (Å²) in [4.78, 5) is 24.7. The van der Waals surface area contributed by atoms with Gasteiger partial charge in [0.15, 0.2) is 0 Å². The molecule has 4 rings (SSSR count). The van der Waals surface area contributed by atoms with Crippen LogP contribution in [0.1, 0.15) is 15.9 Å². The third kappa shape index (κ3) is 3.65. The van der Waals surface area contributed by atoms with Crippen LogP contribution in [0.25, 0.3) is 16.3 Å². The molecule has 144 valence electrons. The molecular weight excluding hydrogens is 388 g/mol. The maximum atomic E-state index is 13.1. The number of amides is 1. The molecule has 8 heteroatoms. The Morgan fingerprint density at radius 1 is 1.10 bits per heavy atom. The molecule has 29 heavy (non-hydrogen) atoms. The number of carbonyl (C=O) groups excluding carboxylic acids is 1. The largest absolute Gasteiger partial charge is 0.321 e. The topological polar surface area (TPSA) is 90.1 Å². The van der Waals surface area contributed by atoms with Gasteiger partial charge in [-0.15, -0.1) is 11.3 Å². The lowest BCUT2D eigenvalue weighted by Crippen LogP contribution is -2.13. The number of carbonyl (C=O) groups is 1. The summed E-state index contributed by atoms with van der Waals surface area (Å²) < 4.78 is 1.66. The number of nitrogens with zero attached hydrogens (tertiary/aromatic N) is 3. The summed E-state index contributed by atoms with van der Waals surface area (Å²) in [6.07, 6.45) is 1.67. The molecule has 0 saturated heterocycles.